The molecule has 1 atom stereocenters. The smallest absolute Gasteiger partial charge is 0.410 e. The zero-order chi connectivity index (χ0) is 18.9. The summed E-state index contributed by atoms with van der Waals surface area (Å²) in [6.07, 6.45) is 1.33. The Labute approximate surface area is 150 Å². The summed E-state index contributed by atoms with van der Waals surface area (Å²) >= 11 is 0. The SMILES string of the molecule is CC(C)(C)OC(=O)N1CCCC1COc1nc2cc([N+](=O)[O-])ccc2o1. The lowest BCUT2D eigenvalue weighted by molar-refractivity contribution is -0.384. The molecular formula is C17H21N3O6. The van der Waals surface area contributed by atoms with Crippen LogP contribution in [0.3, 0.4) is 0 Å². The Kier molecular flexibility index (Phi) is 4.71. The van der Waals surface area contributed by atoms with Crippen LogP contribution in [0.15, 0.2) is 22.6 Å². The van der Waals surface area contributed by atoms with Gasteiger partial charge in [0.2, 0.25) is 0 Å². The van der Waals surface area contributed by atoms with Gasteiger partial charge < -0.3 is 18.8 Å². The molecule has 1 aromatic heterocycles. The average Bonchev–Trinajstić information content (AvgIpc) is 3.16. The molecule has 1 unspecified atom stereocenters. The molecule has 2 heterocycles. The molecule has 0 bridgehead atoms. The molecule has 0 N–H and O–H groups in total. The van der Waals surface area contributed by atoms with E-state index in [4.69, 9.17) is 13.9 Å². The van der Waals surface area contributed by atoms with Crippen LogP contribution in [0.5, 0.6) is 6.08 Å². The second kappa shape index (κ2) is 6.81. The number of hydrogen-bond donors (Lipinski definition) is 0. The highest BCUT2D eigenvalue weighted by atomic mass is 16.6. The van der Waals surface area contributed by atoms with Gasteiger partial charge in [0.15, 0.2) is 5.58 Å². The molecule has 0 spiro atoms. The average molecular weight is 363 g/mol. The van der Waals surface area contributed by atoms with Crippen LogP contribution in [-0.4, -0.2) is 45.7 Å². The van der Waals surface area contributed by atoms with E-state index in [1.54, 1.807) is 4.90 Å². The Morgan fingerprint density at radius 1 is 1.46 bits per heavy atom. The van der Waals surface area contributed by atoms with Gasteiger partial charge in [-0.15, -0.1) is 0 Å². The van der Waals surface area contributed by atoms with Crippen molar-refractivity contribution >= 4 is 22.9 Å². The molecule has 1 fully saturated rings. The van der Waals surface area contributed by atoms with Gasteiger partial charge in [-0.3, -0.25) is 10.1 Å². The summed E-state index contributed by atoms with van der Waals surface area (Å²) in [6, 6.07) is 4.03. The van der Waals surface area contributed by atoms with Crippen LogP contribution in [-0.2, 0) is 4.74 Å². The zero-order valence-corrected chi connectivity index (χ0v) is 14.9. The number of oxazole rings is 1. The van der Waals surface area contributed by atoms with E-state index in [9.17, 15) is 14.9 Å². The number of ether oxygens (including phenoxy) is 2. The number of carbonyl (C=O) groups excluding carboxylic acids is 1. The molecule has 140 valence electrons. The van der Waals surface area contributed by atoms with Gasteiger partial charge in [-0.2, -0.15) is 4.98 Å². The van der Waals surface area contributed by atoms with E-state index in [1.165, 1.54) is 18.2 Å². The van der Waals surface area contributed by atoms with Crippen LogP contribution in [0.2, 0.25) is 0 Å². The van der Waals surface area contributed by atoms with E-state index in [1.807, 2.05) is 20.8 Å². The first-order valence-corrected chi connectivity index (χ1v) is 8.40. The second-order valence-electron chi connectivity index (χ2n) is 7.17. The molecule has 0 radical (unpaired) electrons. The summed E-state index contributed by atoms with van der Waals surface area (Å²) < 4.78 is 16.5. The minimum atomic E-state index is -0.555. The van der Waals surface area contributed by atoms with Gasteiger partial charge in [-0.05, 0) is 39.7 Å². The Morgan fingerprint density at radius 2 is 2.23 bits per heavy atom. The van der Waals surface area contributed by atoms with Crippen LogP contribution in [0, 0.1) is 10.1 Å². The van der Waals surface area contributed by atoms with Gasteiger partial charge in [0.25, 0.3) is 5.69 Å². The first-order valence-electron chi connectivity index (χ1n) is 8.40. The predicted octanol–water partition coefficient (Wildman–Crippen LogP) is 3.51. The maximum Gasteiger partial charge on any atom is 0.410 e. The number of fused-ring (bicyclic) bond motifs is 1. The molecule has 26 heavy (non-hydrogen) atoms. The number of hydrogen-bond acceptors (Lipinski definition) is 7. The third-order valence-corrected chi connectivity index (χ3v) is 3.97. The lowest BCUT2D eigenvalue weighted by Crippen LogP contribution is -2.42. The molecule has 1 aliphatic rings. The number of non-ortho nitro benzene ring substituents is 1. The maximum absolute atomic E-state index is 12.3. The molecule has 3 rings (SSSR count). The molecule has 1 aromatic carbocycles. The first-order chi connectivity index (χ1) is 12.2. The van der Waals surface area contributed by atoms with Crippen LogP contribution in [0.4, 0.5) is 10.5 Å². The summed E-state index contributed by atoms with van der Waals surface area (Å²) in [7, 11) is 0. The largest absolute Gasteiger partial charge is 0.448 e. The van der Waals surface area contributed by atoms with Crippen molar-refractivity contribution in [2.75, 3.05) is 13.2 Å². The van der Waals surface area contributed by atoms with Crippen LogP contribution < -0.4 is 4.74 Å². The fourth-order valence-electron chi connectivity index (χ4n) is 2.81. The van der Waals surface area contributed by atoms with E-state index in [-0.39, 0.29) is 30.5 Å². The number of benzene rings is 1. The fraction of sp³-hybridized carbons (Fsp3) is 0.529. The third kappa shape index (κ3) is 4.04. The Hall–Kier alpha value is -2.84. The summed E-state index contributed by atoms with van der Waals surface area (Å²) in [6.45, 7) is 6.30. The number of rotatable bonds is 4. The number of aromatic nitrogens is 1. The molecule has 9 heteroatoms. The van der Waals surface area contributed by atoms with Crippen molar-refractivity contribution in [3.05, 3.63) is 28.3 Å². The van der Waals surface area contributed by atoms with Crippen LogP contribution in [0.1, 0.15) is 33.6 Å². The Morgan fingerprint density at radius 3 is 2.92 bits per heavy atom. The topological polar surface area (TPSA) is 108 Å². The van der Waals surface area contributed by atoms with Crippen molar-refractivity contribution in [1.29, 1.82) is 0 Å². The summed E-state index contributed by atoms with van der Waals surface area (Å²) in [5, 5.41) is 10.8. The number of amides is 1. The van der Waals surface area contributed by atoms with Gasteiger partial charge in [-0.1, -0.05) is 0 Å². The van der Waals surface area contributed by atoms with Crippen molar-refractivity contribution in [1.82, 2.24) is 9.88 Å². The molecule has 1 amide bonds. The van der Waals surface area contributed by atoms with Crippen LogP contribution in [0.25, 0.3) is 11.1 Å². The number of nitrogens with zero attached hydrogens (tertiary/aromatic N) is 3. The van der Waals surface area contributed by atoms with E-state index in [0.717, 1.165) is 12.8 Å². The standard InChI is InChI=1S/C17H21N3O6/c1-17(2,3)26-16(21)19-8-4-5-12(19)10-24-15-18-13-9-11(20(22)23)6-7-14(13)25-15/h6-7,9,12H,4-5,8,10H2,1-3H3. The molecule has 1 aliphatic heterocycles. The quantitative estimate of drug-likeness (QED) is 0.604. The fourth-order valence-corrected chi connectivity index (χ4v) is 2.81. The van der Waals surface area contributed by atoms with Gasteiger partial charge >= 0.3 is 12.2 Å². The number of nitro groups is 1. The number of carbonyl (C=O) groups is 1. The molecule has 1 saturated heterocycles. The predicted molar refractivity (Wildman–Crippen MR) is 92.1 cm³/mol. The van der Waals surface area contributed by atoms with E-state index < -0.39 is 10.5 Å². The Balaban J connectivity index is 1.65. The highest BCUT2D eigenvalue weighted by Crippen LogP contribution is 2.26. The van der Waals surface area contributed by atoms with Crippen molar-refractivity contribution < 1.29 is 23.6 Å². The highest BCUT2D eigenvalue weighted by Gasteiger charge is 2.33. The lowest BCUT2D eigenvalue weighted by atomic mass is 10.2. The number of likely N-dealkylation sites (tertiary alicyclic amines) is 1. The van der Waals surface area contributed by atoms with Crippen molar-refractivity contribution in [2.45, 2.75) is 45.3 Å². The highest BCUT2D eigenvalue weighted by molar-refractivity contribution is 5.76. The lowest BCUT2D eigenvalue weighted by Gasteiger charge is -2.28. The van der Waals surface area contributed by atoms with Crippen LogP contribution >= 0.6 is 0 Å². The molecular weight excluding hydrogens is 342 g/mol. The van der Waals surface area contributed by atoms with Crippen molar-refractivity contribution in [3.63, 3.8) is 0 Å². The third-order valence-electron chi connectivity index (χ3n) is 3.97. The van der Waals surface area contributed by atoms with E-state index >= 15 is 0 Å². The minimum Gasteiger partial charge on any atom is -0.448 e. The summed E-state index contributed by atoms with van der Waals surface area (Å²) in [4.78, 5) is 28.4. The second-order valence-corrected chi connectivity index (χ2v) is 7.17. The summed E-state index contributed by atoms with van der Waals surface area (Å²) in [5.74, 6) is 0. The monoisotopic (exact) mass is 363 g/mol. The molecule has 0 aliphatic carbocycles. The van der Waals surface area contributed by atoms with Gasteiger partial charge in [0.05, 0.1) is 11.0 Å². The molecule has 2 aromatic rings. The molecule has 9 nitrogen and oxygen atoms in total. The zero-order valence-electron chi connectivity index (χ0n) is 14.9. The van der Waals surface area contributed by atoms with Gasteiger partial charge in [0, 0.05) is 18.7 Å². The summed E-state index contributed by atoms with van der Waals surface area (Å²) in [5.41, 5.74) is 0.134. The number of nitro benzene ring substituents is 1. The minimum absolute atomic E-state index is 0.0246. The van der Waals surface area contributed by atoms with Crippen molar-refractivity contribution in [2.24, 2.45) is 0 Å². The van der Waals surface area contributed by atoms with Gasteiger partial charge in [0.1, 0.15) is 17.7 Å². The van der Waals surface area contributed by atoms with Gasteiger partial charge in [-0.25, -0.2) is 4.79 Å². The first kappa shape index (κ1) is 18.0. The van der Waals surface area contributed by atoms with Crippen molar-refractivity contribution in [3.8, 4) is 6.08 Å². The van der Waals surface area contributed by atoms with E-state index in [2.05, 4.69) is 4.98 Å². The maximum atomic E-state index is 12.3. The normalized spacial score (nSPS) is 17.5. The molecule has 0 saturated carbocycles. The van der Waals surface area contributed by atoms with E-state index in [0.29, 0.717) is 17.6 Å². The Bertz CT molecular complexity index is 826.